The molecular weight excluding hydrogens is 338 g/mol. The van der Waals surface area contributed by atoms with Crippen LogP contribution in [0.2, 0.25) is 0 Å². The Morgan fingerprint density at radius 2 is 1.26 bits per heavy atom. The Morgan fingerprint density at radius 3 is 1.96 bits per heavy atom. The van der Waals surface area contributed by atoms with Crippen LogP contribution in [0.4, 0.5) is 0 Å². The molecule has 0 unspecified atom stereocenters. The van der Waals surface area contributed by atoms with Crippen LogP contribution >= 0.6 is 0 Å². The first kappa shape index (κ1) is 21.1. The van der Waals surface area contributed by atoms with Crippen molar-refractivity contribution >= 4 is 0 Å². The molecule has 4 heteroatoms. The molecule has 2 N–H and O–H groups in total. The highest BCUT2D eigenvalue weighted by Crippen LogP contribution is 2.42. The third-order valence-electron chi connectivity index (χ3n) is 4.69. The number of para-hydroxylation sites is 1. The predicted molar refractivity (Wildman–Crippen MR) is 112 cm³/mol. The van der Waals surface area contributed by atoms with Gasteiger partial charge in [-0.25, -0.2) is 0 Å². The van der Waals surface area contributed by atoms with Crippen LogP contribution in [-0.2, 0) is 0 Å². The minimum Gasteiger partial charge on any atom is -0.496 e. The average molecular weight is 372 g/mol. The van der Waals surface area contributed by atoms with Gasteiger partial charge in [-0.3, -0.25) is 0 Å². The van der Waals surface area contributed by atoms with Gasteiger partial charge in [0.25, 0.3) is 0 Å². The summed E-state index contributed by atoms with van der Waals surface area (Å²) in [5, 5.41) is 0. The van der Waals surface area contributed by atoms with Gasteiger partial charge in [-0.1, -0.05) is 56.4 Å². The quantitative estimate of drug-likeness (QED) is 0.476. The molecule has 2 rings (SSSR count). The number of methoxy groups -OCH3 is 2. The normalized spacial score (nSPS) is 10.6. The van der Waals surface area contributed by atoms with Gasteiger partial charge in [-0.05, 0) is 37.6 Å². The van der Waals surface area contributed by atoms with E-state index in [4.69, 9.17) is 19.9 Å². The van der Waals surface area contributed by atoms with E-state index >= 15 is 0 Å². The zero-order valence-corrected chi connectivity index (χ0v) is 16.7. The van der Waals surface area contributed by atoms with Gasteiger partial charge >= 0.3 is 0 Å². The molecule has 27 heavy (non-hydrogen) atoms. The monoisotopic (exact) mass is 371 g/mol. The predicted octanol–water partition coefficient (Wildman–Crippen LogP) is 5.44. The molecule has 0 heterocycles. The summed E-state index contributed by atoms with van der Waals surface area (Å²) in [6.45, 7) is 1.51. The lowest BCUT2D eigenvalue weighted by molar-refractivity contribution is 0.303. The summed E-state index contributed by atoms with van der Waals surface area (Å²) in [5.41, 5.74) is 7.45. The Morgan fingerprint density at radius 1 is 0.667 bits per heavy atom. The van der Waals surface area contributed by atoms with Gasteiger partial charge in [0.2, 0.25) is 0 Å². The summed E-state index contributed by atoms with van der Waals surface area (Å²) < 4.78 is 17.2. The Hall–Kier alpha value is -2.20. The van der Waals surface area contributed by atoms with Gasteiger partial charge in [-0.2, -0.15) is 0 Å². The van der Waals surface area contributed by atoms with Crippen LogP contribution in [0.1, 0.15) is 44.9 Å². The van der Waals surface area contributed by atoms with Gasteiger partial charge in [0.05, 0.1) is 26.4 Å². The minimum atomic E-state index is 0.706. The summed E-state index contributed by atoms with van der Waals surface area (Å²) in [5.74, 6) is 2.43. The third kappa shape index (κ3) is 6.47. The van der Waals surface area contributed by atoms with Crippen LogP contribution in [0.25, 0.3) is 11.1 Å². The SMILES string of the molecule is COc1ccccc1-c1c(OC)cccc1OCCCCCCCCCN. The molecule has 2 aromatic rings. The van der Waals surface area contributed by atoms with Gasteiger partial charge in [0.15, 0.2) is 0 Å². The molecule has 0 saturated carbocycles. The highest BCUT2D eigenvalue weighted by molar-refractivity contribution is 5.81. The van der Waals surface area contributed by atoms with Gasteiger partial charge in [0.1, 0.15) is 17.2 Å². The van der Waals surface area contributed by atoms with Crippen LogP contribution in [-0.4, -0.2) is 27.4 Å². The standard InChI is InChI=1S/C23H33NO3/c1-25-20-14-9-8-13-19(20)23-21(26-2)15-12-16-22(23)27-18-11-7-5-3-4-6-10-17-24/h8-9,12-16H,3-7,10-11,17-18,24H2,1-2H3. The first-order valence-electron chi connectivity index (χ1n) is 9.95. The summed E-state index contributed by atoms with van der Waals surface area (Å²) in [7, 11) is 3.37. The molecule has 0 aromatic heterocycles. The van der Waals surface area contributed by atoms with Crippen LogP contribution in [0.3, 0.4) is 0 Å². The van der Waals surface area contributed by atoms with E-state index in [-0.39, 0.29) is 0 Å². The molecule has 2 aromatic carbocycles. The Balaban J connectivity index is 1.95. The molecule has 0 atom stereocenters. The Labute approximate surface area is 163 Å². The van der Waals surface area contributed by atoms with Crippen molar-refractivity contribution in [2.45, 2.75) is 44.9 Å². The largest absolute Gasteiger partial charge is 0.496 e. The number of hydrogen-bond acceptors (Lipinski definition) is 4. The number of benzene rings is 2. The van der Waals surface area contributed by atoms with E-state index in [2.05, 4.69) is 0 Å². The molecule has 148 valence electrons. The van der Waals surface area contributed by atoms with E-state index in [1.807, 2.05) is 42.5 Å². The number of unbranched alkanes of at least 4 members (excludes halogenated alkanes) is 6. The minimum absolute atomic E-state index is 0.706. The molecule has 0 amide bonds. The van der Waals surface area contributed by atoms with Crippen molar-refractivity contribution in [2.75, 3.05) is 27.4 Å². The first-order valence-corrected chi connectivity index (χ1v) is 9.95. The van der Waals surface area contributed by atoms with Crippen LogP contribution in [0, 0.1) is 0 Å². The summed E-state index contributed by atoms with van der Waals surface area (Å²) in [6, 6.07) is 13.9. The summed E-state index contributed by atoms with van der Waals surface area (Å²) in [4.78, 5) is 0. The topological polar surface area (TPSA) is 53.7 Å². The number of hydrogen-bond donors (Lipinski definition) is 1. The molecule has 0 aliphatic rings. The van der Waals surface area contributed by atoms with Gasteiger partial charge in [0, 0.05) is 5.56 Å². The number of rotatable bonds is 13. The molecule has 4 nitrogen and oxygen atoms in total. The molecule has 0 aliphatic carbocycles. The zero-order chi connectivity index (χ0) is 19.3. The fraction of sp³-hybridized carbons (Fsp3) is 0.478. The second-order valence-electron chi connectivity index (χ2n) is 6.65. The molecular formula is C23H33NO3. The lowest BCUT2D eigenvalue weighted by Gasteiger charge is -2.17. The fourth-order valence-electron chi connectivity index (χ4n) is 3.23. The van der Waals surface area contributed by atoms with E-state index in [0.717, 1.165) is 47.8 Å². The lowest BCUT2D eigenvalue weighted by Crippen LogP contribution is -2.01. The van der Waals surface area contributed by atoms with Crippen molar-refractivity contribution in [1.82, 2.24) is 0 Å². The van der Waals surface area contributed by atoms with E-state index in [9.17, 15) is 0 Å². The first-order chi connectivity index (χ1) is 13.3. The van der Waals surface area contributed by atoms with E-state index < -0.39 is 0 Å². The maximum atomic E-state index is 6.13. The summed E-state index contributed by atoms with van der Waals surface area (Å²) >= 11 is 0. The molecule has 0 radical (unpaired) electrons. The smallest absolute Gasteiger partial charge is 0.130 e. The van der Waals surface area contributed by atoms with Crippen molar-refractivity contribution in [3.05, 3.63) is 42.5 Å². The fourth-order valence-corrected chi connectivity index (χ4v) is 3.23. The number of ether oxygens (including phenoxy) is 3. The Kier molecular flexibility index (Phi) is 9.56. The van der Waals surface area contributed by atoms with Crippen molar-refractivity contribution in [3.8, 4) is 28.4 Å². The molecule has 0 spiro atoms. The molecule has 0 bridgehead atoms. The van der Waals surface area contributed by atoms with E-state index in [1.165, 1.54) is 32.1 Å². The second kappa shape index (κ2) is 12.2. The highest BCUT2D eigenvalue weighted by atomic mass is 16.5. The maximum absolute atomic E-state index is 6.13. The van der Waals surface area contributed by atoms with Crippen molar-refractivity contribution in [3.63, 3.8) is 0 Å². The Bertz CT molecular complexity index is 672. The van der Waals surface area contributed by atoms with Crippen molar-refractivity contribution in [1.29, 1.82) is 0 Å². The number of nitrogens with two attached hydrogens (primary N) is 1. The average Bonchev–Trinajstić information content (AvgIpc) is 2.72. The van der Waals surface area contributed by atoms with Gasteiger partial charge in [-0.15, -0.1) is 0 Å². The highest BCUT2D eigenvalue weighted by Gasteiger charge is 2.16. The molecule has 0 saturated heterocycles. The third-order valence-corrected chi connectivity index (χ3v) is 4.69. The van der Waals surface area contributed by atoms with Crippen LogP contribution in [0.5, 0.6) is 17.2 Å². The maximum Gasteiger partial charge on any atom is 0.130 e. The molecule has 0 aliphatic heterocycles. The van der Waals surface area contributed by atoms with Gasteiger partial charge < -0.3 is 19.9 Å². The van der Waals surface area contributed by atoms with Crippen LogP contribution < -0.4 is 19.9 Å². The van der Waals surface area contributed by atoms with E-state index in [1.54, 1.807) is 14.2 Å². The lowest BCUT2D eigenvalue weighted by atomic mass is 10.0. The second-order valence-corrected chi connectivity index (χ2v) is 6.65. The van der Waals surface area contributed by atoms with E-state index in [0.29, 0.717) is 6.61 Å². The zero-order valence-electron chi connectivity index (χ0n) is 16.7. The van der Waals surface area contributed by atoms with Crippen molar-refractivity contribution in [2.24, 2.45) is 5.73 Å². The summed E-state index contributed by atoms with van der Waals surface area (Å²) in [6.07, 6.45) is 8.46. The van der Waals surface area contributed by atoms with Crippen molar-refractivity contribution < 1.29 is 14.2 Å². The molecule has 0 fully saturated rings. The van der Waals surface area contributed by atoms with Crippen LogP contribution in [0.15, 0.2) is 42.5 Å².